The number of pyridine rings is 1. The quantitative estimate of drug-likeness (QED) is 0.482. The molecule has 1 aliphatic heterocycles. The molecule has 0 unspecified atom stereocenters. The van der Waals surface area contributed by atoms with E-state index in [1.807, 2.05) is 51.2 Å². The third-order valence-corrected chi connectivity index (χ3v) is 6.32. The number of hydrogen-bond donors (Lipinski definition) is 0. The smallest absolute Gasteiger partial charge is 0.260 e. The average molecular weight is 428 g/mol. The molecule has 2 aliphatic rings. The SMILES string of the molecule is CC(C)c1noc2nc(C3CC3)cc(C(=O)N3CCN(C)c4nc5ccccc5nc43)c12. The van der Waals surface area contributed by atoms with Crippen LogP contribution in [-0.4, -0.2) is 46.2 Å². The second-order valence-electron chi connectivity index (χ2n) is 9.01. The van der Waals surface area contributed by atoms with Crippen molar-refractivity contribution in [1.29, 1.82) is 0 Å². The number of aromatic nitrogens is 4. The zero-order valence-corrected chi connectivity index (χ0v) is 18.4. The first-order valence-electron chi connectivity index (χ1n) is 11.1. The maximum atomic E-state index is 14.0. The molecule has 8 heteroatoms. The Morgan fingerprint density at radius 1 is 1.06 bits per heavy atom. The molecule has 6 rings (SSSR count). The molecule has 4 heterocycles. The summed E-state index contributed by atoms with van der Waals surface area (Å²) in [4.78, 5) is 32.2. The number of anilines is 2. The van der Waals surface area contributed by atoms with Crippen LogP contribution in [0.3, 0.4) is 0 Å². The summed E-state index contributed by atoms with van der Waals surface area (Å²) >= 11 is 0. The number of carbonyl (C=O) groups is 1. The summed E-state index contributed by atoms with van der Waals surface area (Å²) in [5, 5.41) is 4.97. The first-order valence-corrected chi connectivity index (χ1v) is 11.1. The number of carbonyl (C=O) groups excluding carboxylic acids is 1. The highest BCUT2D eigenvalue weighted by Crippen LogP contribution is 2.41. The van der Waals surface area contributed by atoms with Gasteiger partial charge < -0.3 is 9.42 Å². The summed E-state index contributed by atoms with van der Waals surface area (Å²) in [7, 11) is 1.98. The van der Waals surface area contributed by atoms with Crippen LogP contribution in [0.4, 0.5) is 11.6 Å². The number of hydrogen-bond acceptors (Lipinski definition) is 7. The molecule has 0 radical (unpaired) electrons. The summed E-state index contributed by atoms with van der Waals surface area (Å²) in [6, 6.07) is 9.69. The number of benzene rings is 1. The monoisotopic (exact) mass is 428 g/mol. The normalized spacial score (nSPS) is 16.2. The summed E-state index contributed by atoms with van der Waals surface area (Å²) < 4.78 is 5.58. The van der Waals surface area contributed by atoms with E-state index in [0.717, 1.165) is 35.3 Å². The van der Waals surface area contributed by atoms with Crippen molar-refractivity contribution in [2.45, 2.75) is 38.5 Å². The molecule has 4 aromatic rings. The molecule has 0 spiro atoms. The average Bonchev–Trinajstić information content (AvgIpc) is 3.56. The Balaban J connectivity index is 1.53. The van der Waals surface area contributed by atoms with Crippen molar-refractivity contribution in [3.63, 3.8) is 0 Å². The lowest BCUT2D eigenvalue weighted by Crippen LogP contribution is -2.44. The van der Waals surface area contributed by atoms with Crippen molar-refractivity contribution in [3.05, 3.63) is 47.3 Å². The zero-order chi connectivity index (χ0) is 22.0. The van der Waals surface area contributed by atoms with E-state index in [4.69, 9.17) is 14.5 Å². The highest BCUT2D eigenvalue weighted by Gasteiger charge is 2.34. The van der Waals surface area contributed by atoms with Crippen LogP contribution in [0, 0.1) is 0 Å². The summed E-state index contributed by atoms with van der Waals surface area (Å²) in [6.07, 6.45) is 2.18. The lowest BCUT2D eigenvalue weighted by molar-refractivity contribution is 0.0987. The molecule has 162 valence electrons. The first kappa shape index (κ1) is 19.2. The molecule has 1 amide bonds. The fourth-order valence-corrected chi connectivity index (χ4v) is 4.37. The molecule has 3 aromatic heterocycles. The Kier molecular flexibility index (Phi) is 4.18. The van der Waals surface area contributed by atoms with Crippen LogP contribution in [0.1, 0.15) is 60.3 Å². The van der Waals surface area contributed by atoms with E-state index in [9.17, 15) is 4.79 Å². The molecule has 1 aromatic carbocycles. The lowest BCUT2D eigenvalue weighted by atomic mass is 10.0. The Labute approximate surface area is 185 Å². The van der Waals surface area contributed by atoms with Gasteiger partial charge in [-0.2, -0.15) is 0 Å². The van der Waals surface area contributed by atoms with Crippen molar-refractivity contribution in [2.24, 2.45) is 0 Å². The maximum absolute atomic E-state index is 14.0. The van der Waals surface area contributed by atoms with E-state index in [1.54, 1.807) is 4.90 Å². The van der Waals surface area contributed by atoms with Gasteiger partial charge in [0, 0.05) is 31.7 Å². The maximum Gasteiger partial charge on any atom is 0.260 e. The minimum absolute atomic E-state index is 0.108. The van der Waals surface area contributed by atoms with Crippen LogP contribution in [-0.2, 0) is 0 Å². The fraction of sp³-hybridized carbons (Fsp3) is 0.375. The molecule has 0 saturated heterocycles. The molecule has 1 fully saturated rings. The third-order valence-electron chi connectivity index (χ3n) is 6.32. The van der Waals surface area contributed by atoms with Crippen molar-refractivity contribution in [3.8, 4) is 0 Å². The Bertz CT molecular complexity index is 1370. The van der Waals surface area contributed by atoms with E-state index in [1.165, 1.54) is 0 Å². The molecule has 0 atom stereocenters. The van der Waals surface area contributed by atoms with Crippen molar-refractivity contribution in [1.82, 2.24) is 20.1 Å². The van der Waals surface area contributed by atoms with Crippen molar-refractivity contribution < 1.29 is 9.32 Å². The summed E-state index contributed by atoms with van der Waals surface area (Å²) in [6.45, 7) is 5.29. The van der Waals surface area contributed by atoms with Crippen LogP contribution < -0.4 is 9.80 Å². The van der Waals surface area contributed by atoms with Crippen molar-refractivity contribution >= 4 is 39.7 Å². The summed E-state index contributed by atoms with van der Waals surface area (Å²) in [5.74, 6) is 1.69. The number of amides is 1. The number of rotatable bonds is 3. The second-order valence-corrected chi connectivity index (χ2v) is 9.01. The predicted octanol–water partition coefficient (Wildman–Crippen LogP) is 4.26. The molecule has 1 saturated carbocycles. The number of nitrogens with zero attached hydrogens (tertiary/aromatic N) is 6. The lowest BCUT2D eigenvalue weighted by Gasteiger charge is -2.34. The van der Waals surface area contributed by atoms with Gasteiger partial charge in [0.1, 0.15) is 0 Å². The Morgan fingerprint density at radius 3 is 2.47 bits per heavy atom. The molecule has 8 nitrogen and oxygen atoms in total. The van der Waals surface area contributed by atoms with Gasteiger partial charge >= 0.3 is 0 Å². The van der Waals surface area contributed by atoms with E-state index in [0.29, 0.717) is 47.3 Å². The third kappa shape index (κ3) is 2.93. The van der Waals surface area contributed by atoms with Gasteiger partial charge in [-0.05, 0) is 37.0 Å². The summed E-state index contributed by atoms with van der Waals surface area (Å²) in [5.41, 5.74) is 4.29. The predicted molar refractivity (Wildman–Crippen MR) is 122 cm³/mol. The van der Waals surface area contributed by atoms with Crippen LogP contribution >= 0.6 is 0 Å². The molecule has 0 bridgehead atoms. The first-order chi connectivity index (χ1) is 15.5. The van der Waals surface area contributed by atoms with Gasteiger partial charge in [0.2, 0.25) is 0 Å². The fourth-order valence-electron chi connectivity index (χ4n) is 4.37. The minimum Gasteiger partial charge on any atom is -0.355 e. The van der Waals surface area contributed by atoms with E-state index in [-0.39, 0.29) is 11.8 Å². The highest BCUT2D eigenvalue weighted by atomic mass is 16.5. The number of fused-ring (bicyclic) bond motifs is 3. The number of para-hydroxylation sites is 2. The topological polar surface area (TPSA) is 88.3 Å². The Morgan fingerprint density at radius 2 is 1.78 bits per heavy atom. The molecule has 0 N–H and O–H groups in total. The van der Waals surface area contributed by atoms with E-state index in [2.05, 4.69) is 15.0 Å². The molecule has 32 heavy (non-hydrogen) atoms. The van der Waals surface area contributed by atoms with Crippen LogP contribution in [0.2, 0.25) is 0 Å². The van der Waals surface area contributed by atoms with E-state index >= 15 is 0 Å². The zero-order valence-electron chi connectivity index (χ0n) is 18.4. The molecular weight excluding hydrogens is 404 g/mol. The van der Waals surface area contributed by atoms with Gasteiger partial charge in [-0.15, -0.1) is 0 Å². The van der Waals surface area contributed by atoms with Gasteiger partial charge in [0.25, 0.3) is 11.6 Å². The largest absolute Gasteiger partial charge is 0.355 e. The number of likely N-dealkylation sites (N-methyl/N-ethyl adjacent to an activating group) is 1. The van der Waals surface area contributed by atoms with Gasteiger partial charge in [-0.3, -0.25) is 9.69 Å². The molecular formula is C24H24N6O2. The molecule has 1 aliphatic carbocycles. The Hall–Kier alpha value is -3.55. The van der Waals surface area contributed by atoms with Gasteiger partial charge in [0.15, 0.2) is 11.6 Å². The highest BCUT2D eigenvalue weighted by molar-refractivity contribution is 6.14. The standard InChI is InChI=1S/C24H24N6O2/c1-13(2)20-19-15(12-18(14-8-9-14)27-23(19)32-28-20)24(31)30-11-10-29(3)21-22(30)26-17-7-5-4-6-16(17)25-21/h4-7,12-14H,8-11H2,1-3H3. The van der Waals surface area contributed by atoms with Crippen LogP contribution in [0.15, 0.2) is 34.9 Å². The van der Waals surface area contributed by atoms with Gasteiger partial charge in [-0.25, -0.2) is 15.0 Å². The van der Waals surface area contributed by atoms with Crippen LogP contribution in [0.5, 0.6) is 0 Å². The van der Waals surface area contributed by atoms with Gasteiger partial charge in [-0.1, -0.05) is 31.1 Å². The minimum atomic E-state index is -0.108. The van der Waals surface area contributed by atoms with E-state index < -0.39 is 0 Å². The van der Waals surface area contributed by atoms with Gasteiger partial charge in [0.05, 0.1) is 27.7 Å². The second kappa shape index (κ2) is 6.98. The van der Waals surface area contributed by atoms with Crippen molar-refractivity contribution in [2.75, 3.05) is 29.9 Å². The van der Waals surface area contributed by atoms with Crippen LogP contribution in [0.25, 0.3) is 22.1 Å².